The Labute approximate surface area is 152 Å². The average Bonchev–Trinajstić information content (AvgIpc) is 2.47. The van der Waals surface area contributed by atoms with Crippen molar-refractivity contribution in [2.75, 3.05) is 20.1 Å². The van der Waals surface area contributed by atoms with Gasteiger partial charge in [-0.1, -0.05) is 30.3 Å². The maximum absolute atomic E-state index is 12.1. The Bertz CT molecular complexity index is 448. The number of rotatable bonds is 5. The molecular weight excluding hydrogens is 333 g/mol. The molecule has 2 rings (SSSR count). The van der Waals surface area contributed by atoms with E-state index in [1.54, 1.807) is 0 Å². The fourth-order valence-electron chi connectivity index (χ4n) is 2.93. The fourth-order valence-corrected chi connectivity index (χ4v) is 2.93. The zero-order valence-corrected chi connectivity index (χ0v) is 15.6. The third kappa shape index (κ3) is 7.08. The molecule has 0 aromatic heterocycles. The second-order valence-electron chi connectivity index (χ2n) is 6.18. The van der Waals surface area contributed by atoms with Crippen LogP contribution in [0.15, 0.2) is 30.3 Å². The third-order valence-electron chi connectivity index (χ3n) is 4.24. The summed E-state index contributed by atoms with van der Waals surface area (Å²) in [6, 6.07) is 10.9. The summed E-state index contributed by atoms with van der Waals surface area (Å²) in [5.74, 6) is 0.173. The van der Waals surface area contributed by atoms with E-state index < -0.39 is 0 Å². The SMILES string of the molecule is CC(N)CC(=O)N(C)C1CCN(Cc2ccccc2)CC1.Cl.Cl. The lowest BCUT2D eigenvalue weighted by molar-refractivity contribution is -0.133. The van der Waals surface area contributed by atoms with Crippen molar-refractivity contribution in [3.8, 4) is 0 Å². The molecule has 4 nitrogen and oxygen atoms in total. The van der Waals surface area contributed by atoms with Crippen molar-refractivity contribution in [2.45, 2.75) is 44.8 Å². The first kappa shape index (κ1) is 22.2. The van der Waals surface area contributed by atoms with Gasteiger partial charge in [-0.2, -0.15) is 0 Å². The molecule has 0 bridgehead atoms. The van der Waals surface area contributed by atoms with E-state index in [0.29, 0.717) is 12.5 Å². The van der Waals surface area contributed by atoms with Crippen molar-refractivity contribution in [2.24, 2.45) is 5.73 Å². The minimum Gasteiger partial charge on any atom is -0.343 e. The Morgan fingerprint density at radius 3 is 2.35 bits per heavy atom. The van der Waals surface area contributed by atoms with Crippen LogP contribution in [0.2, 0.25) is 0 Å². The third-order valence-corrected chi connectivity index (χ3v) is 4.24. The summed E-state index contributed by atoms with van der Waals surface area (Å²) >= 11 is 0. The van der Waals surface area contributed by atoms with E-state index in [2.05, 4.69) is 35.2 Å². The van der Waals surface area contributed by atoms with Gasteiger partial charge in [0, 0.05) is 45.2 Å². The minimum absolute atomic E-state index is 0. The van der Waals surface area contributed by atoms with Crippen LogP contribution in [0, 0.1) is 0 Å². The van der Waals surface area contributed by atoms with Gasteiger partial charge in [-0.25, -0.2) is 0 Å². The summed E-state index contributed by atoms with van der Waals surface area (Å²) in [4.78, 5) is 16.4. The Balaban J connectivity index is 0.00000242. The van der Waals surface area contributed by atoms with Crippen LogP contribution in [0.25, 0.3) is 0 Å². The summed E-state index contributed by atoms with van der Waals surface area (Å²) in [6.45, 7) is 4.99. The Morgan fingerprint density at radius 1 is 1.26 bits per heavy atom. The zero-order chi connectivity index (χ0) is 15.2. The molecule has 1 unspecified atom stereocenters. The van der Waals surface area contributed by atoms with Crippen molar-refractivity contribution in [3.05, 3.63) is 35.9 Å². The first-order valence-electron chi connectivity index (χ1n) is 7.84. The van der Waals surface area contributed by atoms with Crippen LogP contribution in [0.4, 0.5) is 0 Å². The highest BCUT2D eigenvalue weighted by Gasteiger charge is 2.25. The largest absolute Gasteiger partial charge is 0.343 e. The number of hydrogen-bond donors (Lipinski definition) is 1. The zero-order valence-electron chi connectivity index (χ0n) is 14.0. The highest BCUT2D eigenvalue weighted by Crippen LogP contribution is 2.18. The monoisotopic (exact) mass is 361 g/mol. The van der Waals surface area contributed by atoms with E-state index in [1.165, 1.54) is 5.56 Å². The van der Waals surface area contributed by atoms with Gasteiger partial charge in [0.1, 0.15) is 0 Å². The van der Waals surface area contributed by atoms with E-state index >= 15 is 0 Å². The van der Waals surface area contributed by atoms with Crippen LogP contribution >= 0.6 is 24.8 Å². The number of carbonyl (C=O) groups is 1. The van der Waals surface area contributed by atoms with Crippen molar-refractivity contribution >= 4 is 30.7 Å². The van der Waals surface area contributed by atoms with Gasteiger partial charge in [0.2, 0.25) is 5.91 Å². The van der Waals surface area contributed by atoms with Gasteiger partial charge in [-0.15, -0.1) is 24.8 Å². The van der Waals surface area contributed by atoms with Gasteiger partial charge in [0.15, 0.2) is 0 Å². The van der Waals surface area contributed by atoms with E-state index in [9.17, 15) is 4.79 Å². The molecule has 1 atom stereocenters. The molecule has 2 N–H and O–H groups in total. The molecule has 1 aliphatic heterocycles. The quantitative estimate of drug-likeness (QED) is 0.876. The smallest absolute Gasteiger partial charge is 0.224 e. The highest BCUT2D eigenvalue weighted by atomic mass is 35.5. The Hall–Kier alpha value is -0.810. The molecule has 0 radical (unpaired) electrons. The molecular formula is C17H29Cl2N3O. The van der Waals surface area contributed by atoms with Gasteiger partial charge in [0.25, 0.3) is 0 Å². The van der Waals surface area contributed by atoms with Crippen molar-refractivity contribution < 1.29 is 4.79 Å². The molecule has 1 heterocycles. The fraction of sp³-hybridized carbons (Fsp3) is 0.588. The van der Waals surface area contributed by atoms with E-state index in [4.69, 9.17) is 5.73 Å². The highest BCUT2D eigenvalue weighted by molar-refractivity contribution is 5.85. The summed E-state index contributed by atoms with van der Waals surface area (Å²) in [7, 11) is 1.92. The van der Waals surface area contributed by atoms with Crippen LogP contribution in [0.1, 0.15) is 31.7 Å². The number of carbonyl (C=O) groups excluding carboxylic acids is 1. The Kier molecular flexibility index (Phi) is 10.5. The molecule has 23 heavy (non-hydrogen) atoms. The van der Waals surface area contributed by atoms with Gasteiger partial charge < -0.3 is 10.6 Å². The number of hydrogen-bond acceptors (Lipinski definition) is 3. The Morgan fingerprint density at radius 2 is 1.83 bits per heavy atom. The number of nitrogens with zero attached hydrogens (tertiary/aromatic N) is 2. The number of halogens is 2. The predicted octanol–water partition coefficient (Wildman–Crippen LogP) is 2.69. The maximum Gasteiger partial charge on any atom is 0.224 e. The van der Waals surface area contributed by atoms with Crippen LogP contribution in [0.5, 0.6) is 0 Å². The minimum atomic E-state index is -0.0573. The number of likely N-dealkylation sites (tertiary alicyclic amines) is 1. The second kappa shape index (κ2) is 10.9. The number of benzene rings is 1. The van der Waals surface area contributed by atoms with Gasteiger partial charge in [-0.05, 0) is 25.3 Å². The van der Waals surface area contributed by atoms with E-state index in [1.807, 2.05) is 18.9 Å². The van der Waals surface area contributed by atoms with E-state index in [-0.39, 0.29) is 36.8 Å². The lowest BCUT2D eigenvalue weighted by atomic mass is 10.0. The predicted molar refractivity (Wildman–Crippen MR) is 100 cm³/mol. The topological polar surface area (TPSA) is 49.6 Å². The maximum atomic E-state index is 12.1. The molecule has 6 heteroatoms. The average molecular weight is 362 g/mol. The van der Waals surface area contributed by atoms with Crippen LogP contribution in [0.3, 0.4) is 0 Å². The van der Waals surface area contributed by atoms with Crippen molar-refractivity contribution in [1.29, 1.82) is 0 Å². The molecule has 0 saturated carbocycles. The summed E-state index contributed by atoms with van der Waals surface area (Å²) in [5.41, 5.74) is 7.07. The normalized spacial score (nSPS) is 16.8. The summed E-state index contributed by atoms with van der Waals surface area (Å²) < 4.78 is 0. The first-order chi connectivity index (χ1) is 10.1. The number of piperidine rings is 1. The van der Waals surface area contributed by atoms with Crippen LogP contribution < -0.4 is 5.73 Å². The van der Waals surface area contributed by atoms with Crippen LogP contribution in [-0.4, -0.2) is 47.9 Å². The standard InChI is InChI=1S/C17H27N3O.2ClH/c1-14(18)12-17(21)19(2)16-8-10-20(11-9-16)13-15-6-4-3-5-7-15;;/h3-7,14,16H,8-13,18H2,1-2H3;2*1H. The summed E-state index contributed by atoms with van der Waals surface area (Å²) in [6.07, 6.45) is 2.54. The molecule has 1 amide bonds. The molecule has 1 aromatic carbocycles. The molecule has 0 aliphatic carbocycles. The van der Waals surface area contributed by atoms with Gasteiger partial charge in [-0.3, -0.25) is 9.69 Å². The van der Waals surface area contributed by atoms with Gasteiger partial charge >= 0.3 is 0 Å². The van der Waals surface area contributed by atoms with Crippen molar-refractivity contribution in [1.82, 2.24) is 9.80 Å². The van der Waals surface area contributed by atoms with E-state index in [0.717, 1.165) is 32.5 Å². The molecule has 0 spiro atoms. The molecule has 1 fully saturated rings. The first-order valence-corrected chi connectivity index (χ1v) is 7.84. The lowest BCUT2D eigenvalue weighted by Crippen LogP contribution is -2.46. The van der Waals surface area contributed by atoms with Gasteiger partial charge in [0.05, 0.1) is 0 Å². The summed E-state index contributed by atoms with van der Waals surface area (Å²) in [5, 5.41) is 0. The molecule has 1 aliphatic rings. The lowest BCUT2D eigenvalue weighted by Gasteiger charge is -2.37. The molecule has 1 saturated heterocycles. The molecule has 132 valence electrons. The van der Waals surface area contributed by atoms with Crippen LogP contribution in [-0.2, 0) is 11.3 Å². The number of nitrogens with two attached hydrogens (primary N) is 1. The number of amides is 1. The molecule has 1 aromatic rings. The second-order valence-corrected chi connectivity index (χ2v) is 6.18. The van der Waals surface area contributed by atoms with Crippen molar-refractivity contribution in [3.63, 3.8) is 0 Å².